The molecule has 1 nitrogen and oxygen atoms in total. The molecule has 0 aromatic heterocycles. The minimum atomic E-state index is -0.772. The van der Waals surface area contributed by atoms with E-state index in [1.807, 2.05) is 6.07 Å². The molecule has 0 radical (unpaired) electrons. The molecule has 1 aliphatic rings. The molecule has 1 fully saturated rings. The molecule has 1 N–H and O–H groups in total. The molecule has 2 heteroatoms. The maximum atomic E-state index is 13.3. The fourth-order valence-electron chi connectivity index (χ4n) is 2.34. The van der Waals surface area contributed by atoms with Gasteiger partial charge in [0.15, 0.2) is 0 Å². The van der Waals surface area contributed by atoms with E-state index >= 15 is 0 Å². The van der Waals surface area contributed by atoms with E-state index in [1.54, 1.807) is 13.0 Å². The highest BCUT2D eigenvalue weighted by Gasteiger charge is 2.34. The summed E-state index contributed by atoms with van der Waals surface area (Å²) in [6, 6.07) is 4.95. The maximum Gasteiger partial charge on any atom is 0.126 e. The molecular formula is C12H15FO. The van der Waals surface area contributed by atoms with Crippen LogP contribution in [0, 0.1) is 12.7 Å². The predicted octanol–water partition coefficient (Wildman–Crippen LogP) is 2.90. The molecule has 14 heavy (non-hydrogen) atoms. The zero-order valence-electron chi connectivity index (χ0n) is 8.39. The Balaban J connectivity index is 2.45. The van der Waals surface area contributed by atoms with Crippen molar-refractivity contribution in [2.75, 3.05) is 0 Å². The monoisotopic (exact) mass is 194 g/mol. The molecule has 1 aliphatic carbocycles. The van der Waals surface area contributed by atoms with Gasteiger partial charge in [-0.2, -0.15) is 0 Å². The highest BCUT2D eigenvalue weighted by Crippen LogP contribution is 2.40. The number of halogens is 1. The van der Waals surface area contributed by atoms with Crippen LogP contribution < -0.4 is 0 Å². The van der Waals surface area contributed by atoms with E-state index in [0.29, 0.717) is 5.56 Å². The molecule has 0 aliphatic heterocycles. The van der Waals surface area contributed by atoms with Crippen LogP contribution >= 0.6 is 0 Å². The summed E-state index contributed by atoms with van der Waals surface area (Å²) in [7, 11) is 0. The van der Waals surface area contributed by atoms with Gasteiger partial charge in [0.25, 0.3) is 0 Å². The topological polar surface area (TPSA) is 20.2 Å². The number of aliphatic hydroxyl groups is 1. The van der Waals surface area contributed by atoms with E-state index < -0.39 is 5.60 Å². The van der Waals surface area contributed by atoms with Crippen LogP contribution in [0.25, 0.3) is 0 Å². The molecule has 0 heterocycles. The first kappa shape index (κ1) is 9.66. The molecule has 0 atom stereocenters. The Morgan fingerprint density at radius 2 is 1.93 bits per heavy atom. The Kier molecular flexibility index (Phi) is 2.31. The Bertz CT molecular complexity index is 340. The van der Waals surface area contributed by atoms with Gasteiger partial charge in [-0.05, 0) is 37.0 Å². The third kappa shape index (κ3) is 1.44. The maximum absolute atomic E-state index is 13.3. The lowest BCUT2D eigenvalue weighted by molar-refractivity contribution is 0.0435. The van der Waals surface area contributed by atoms with Crippen molar-refractivity contribution in [3.05, 3.63) is 35.1 Å². The van der Waals surface area contributed by atoms with Gasteiger partial charge in [0, 0.05) is 0 Å². The summed E-state index contributed by atoms with van der Waals surface area (Å²) in [6.07, 6.45) is 3.59. The van der Waals surface area contributed by atoms with E-state index in [-0.39, 0.29) is 5.82 Å². The molecule has 1 saturated carbocycles. The van der Waals surface area contributed by atoms with E-state index in [9.17, 15) is 9.50 Å². The summed E-state index contributed by atoms with van der Waals surface area (Å²) in [4.78, 5) is 0. The average molecular weight is 194 g/mol. The van der Waals surface area contributed by atoms with Gasteiger partial charge < -0.3 is 5.11 Å². The first-order valence-corrected chi connectivity index (χ1v) is 5.11. The molecule has 0 saturated heterocycles. The van der Waals surface area contributed by atoms with E-state index in [1.165, 1.54) is 6.07 Å². The summed E-state index contributed by atoms with van der Waals surface area (Å²) in [6.45, 7) is 1.74. The zero-order valence-corrected chi connectivity index (χ0v) is 8.39. The second-order valence-corrected chi connectivity index (χ2v) is 4.15. The van der Waals surface area contributed by atoms with Gasteiger partial charge in [-0.15, -0.1) is 0 Å². The second-order valence-electron chi connectivity index (χ2n) is 4.15. The molecule has 76 valence electrons. The van der Waals surface area contributed by atoms with Gasteiger partial charge >= 0.3 is 0 Å². The number of hydrogen-bond acceptors (Lipinski definition) is 1. The van der Waals surface area contributed by atoms with E-state index in [4.69, 9.17) is 0 Å². The number of hydrogen-bond donors (Lipinski definition) is 1. The average Bonchev–Trinajstić information content (AvgIpc) is 2.58. The SMILES string of the molecule is Cc1c(F)cccc1C1(O)CCCC1. The highest BCUT2D eigenvalue weighted by atomic mass is 19.1. The largest absolute Gasteiger partial charge is 0.385 e. The fraction of sp³-hybridized carbons (Fsp3) is 0.500. The van der Waals surface area contributed by atoms with Gasteiger partial charge in [-0.3, -0.25) is 0 Å². The lowest BCUT2D eigenvalue weighted by Gasteiger charge is -2.24. The van der Waals surface area contributed by atoms with Gasteiger partial charge in [-0.25, -0.2) is 4.39 Å². The predicted molar refractivity (Wildman–Crippen MR) is 53.5 cm³/mol. The Hall–Kier alpha value is -0.890. The van der Waals surface area contributed by atoms with Crippen LogP contribution in [0.15, 0.2) is 18.2 Å². The van der Waals surface area contributed by atoms with Crippen LogP contribution in [0.5, 0.6) is 0 Å². The lowest BCUT2D eigenvalue weighted by Crippen LogP contribution is -2.22. The minimum absolute atomic E-state index is 0.220. The van der Waals surface area contributed by atoms with Crippen molar-refractivity contribution in [2.24, 2.45) is 0 Å². The van der Waals surface area contributed by atoms with Crippen molar-refractivity contribution < 1.29 is 9.50 Å². The van der Waals surface area contributed by atoms with Gasteiger partial charge in [0.1, 0.15) is 5.82 Å². The van der Waals surface area contributed by atoms with Crippen molar-refractivity contribution in [1.82, 2.24) is 0 Å². The van der Waals surface area contributed by atoms with Crippen LogP contribution in [0.2, 0.25) is 0 Å². The minimum Gasteiger partial charge on any atom is -0.385 e. The van der Waals surface area contributed by atoms with Crippen molar-refractivity contribution in [1.29, 1.82) is 0 Å². The number of benzene rings is 1. The molecule has 0 unspecified atom stereocenters. The van der Waals surface area contributed by atoms with Crippen LogP contribution in [-0.2, 0) is 5.60 Å². The third-order valence-electron chi connectivity index (χ3n) is 3.20. The lowest BCUT2D eigenvalue weighted by atomic mass is 9.89. The normalized spacial score (nSPS) is 19.9. The molecule has 0 bridgehead atoms. The summed E-state index contributed by atoms with van der Waals surface area (Å²) in [5.74, 6) is -0.220. The van der Waals surface area contributed by atoms with Crippen LogP contribution in [0.1, 0.15) is 36.8 Å². The first-order valence-electron chi connectivity index (χ1n) is 5.11. The molecule has 0 spiro atoms. The Morgan fingerprint density at radius 3 is 2.57 bits per heavy atom. The quantitative estimate of drug-likeness (QED) is 0.728. The standard InChI is InChI=1S/C12H15FO/c1-9-10(5-4-6-11(9)13)12(14)7-2-3-8-12/h4-6,14H,2-3,7-8H2,1H3. The Labute approximate surface area is 83.6 Å². The number of rotatable bonds is 1. The van der Waals surface area contributed by atoms with Crippen LogP contribution in [-0.4, -0.2) is 5.11 Å². The van der Waals surface area contributed by atoms with E-state index in [0.717, 1.165) is 31.2 Å². The first-order chi connectivity index (χ1) is 6.63. The van der Waals surface area contributed by atoms with Gasteiger partial charge in [0.05, 0.1) is 5.60 Å². The zero-order chi connectivity index (χ0) is 10.2. The fourth-order valence-corrected chi connectivity index (χ4v) is 2.34. The molecule has 0 amide bonds. The van der Waals surface area contributed by atoms with Crippen LogP contribution in [0.3, 0.4) is 0 Å². The van der Waals surface area contributed by atoms with Crippen molar-refractivity contribution in [3.63, 3.8) is 0 Å². The van der Waals surface area contributed by atoms with Crippen molar-refractivity contribution in [2.45, 2.75) is 38.2 Å². The second kappa shape index (κ2) is 3.35. The third-order valence-corrected chi connectivity index (χ3v) is 3.20. The van der Waals surface area contributed by atoms with Gasteiger partial charge in [-0.1, -0.05) is 25.0 Å². The van der Waals surface area contributed by atoms with Gasteiger partial charge in [0.2, 0.25) is 0 Å². The summed E-state index contributed by atoms with van der Waals surface area (Å²) in [5, 5.41) is 10.3. The molecule has 1 aromatic carbocycles. The van der Waals surface area contributed by atoms with Crippen LogP contribution in [0.4, 0.5) is 4.39 Å². The summed E-state index contributed by atoms with van der Waals surface area (Å²) in [5.41, 5.74) is 0.596. The Morgan fingerprint density at radius 1 is 1.29 bits per heavy atom. The molecular weight excluding hydrogens is 179 g/mol. The molecule has 2 rings (SSSR count). The van der Waals surface area contributed by atoms with Crippen molar-refractivity contribution >= 4 is 0 Å². The summed E-state index contributed by atoms with van der Waals surface area (Å²) >= 11 is 0. The smallest absolute Gasteiger partial charge is 0.126 e. The highest BCUT2D eigenvalue weighted by molar-refractivity contribution is 5.33. The molecule has 1 aromatic rings. The van der Waals surface area contributed by atoms with Crippen molar-refractivity contribution in [3.8, 4) is 0 Å². The van der Waals surface area contributed by atoms with E-state index in [2.05, 4.69) is 0 Å². The summed E-state index contributed by atoms with van der Waals surface area (Å²) < 4.78 is 13.3.